The molecule has 0 aliphatic carbocycles. The fourth-order valence-corrected chi connectivity index (χ4v) is 2.99. The largest absolute Gasteiger partial charge is 0.409 e. The molecule has 7 heteroatoms. The molecule has 106 valence electrons. The van der Waals surface area contributed by atoms with Crippen LogP contribution in [0.25, 0.3) is 0 Å². The maximum atomic E-state index is 8.70. The summed E-state index contributed by atoms with van der Waals surface area (Å²) in [5.74, 6) is 0.565. The van der Waals surface area contributed by atoms with Crippen LogP contribution in [0, 0.1) is 12.8 Å². The van der Waals surface area contributed by atoms with E-state index in [0.29, 0.717) is 5.84 Å². The van der Waals surface area contributed by atoms with Gasteiger partial charge < -0.3 is 10.9 Å². The number of oxime groups is 1. The Kier molecular flexibility index (Phi) is 4.46. The normalized spacial score (nSPS) is 19.0. The molecule has 3 N–H and O–H groups in total. The Morgan fingerprint density at radius 3 is 2.63 bits per heavy atom. The van der Waals surface area contributed by atoms with E-state index in [4.69, 9.17) is 10.9 Å². The zero-order valence-electron chi connectivity index (χ0n) is 11.3. The summed E-state index contributed by atoms with van der Waals surface area (Å²) in [6.45, 7) is 4.79. The zero-order valence-corrected chi connectivity index (χ0v) is 12.9. The van der Waals surface area contributed by atoms with Crippen molar-refractivity contribution < 1.29 is 5.21 Å². The minimum atomic E-state index is 0.206. The summed E-state index contributed by atoms with van der Waals surface area (Å²) in [6, 6.07) is 0. The van der Waals surface area contributed by atoms with Crippen LogP contribution in [0.4, 0.5) is 0 Å². The number of rotatable bonds is 3. The number of likely N-dealkylation sites (tertiary alicyclic amines) is 1. The number of aryl methyl sites for hydroxylation is 2. The number of nitrogens with two attached hydrogens (primary N) is 1. The SMILES string of the molecule is Cc1nn(C)c(CN2CCC(C(N)=NO)CC2)c1Br. The van der Waals surface area contributed by atoms with Crippen LogP contribution in [0.5, 0.6) is 0 Å². The first-order chi connectivity index (χ1) is 9.02. The van der Waals surface area contributed by atoms with Crippen molar-refractivity contribution >= 4 is 21.8 Å². The first-order valence-corrected chi connectivity index (χ1v) is 7.20. The summed E-state index contributed by atoms with van der Waals surface area (Å²) in [6.07, 6.45) is 1.87. The Hall–Kier alpha value is -1.08. The van der Waals surface area contributed by atoms with Crippen molar-refractivity contribution in [2.75, 3.05) is 13.1 Å². The first-order valence-electron chi connectivity index (χ1n) is 6.40. The predicted octanol–water partition coefficient (Wildman–Crippen LogP) is 1.45. The topological polar surface area (TPSA) is 79.7 Å². The molecule has 0 aromatic carbocycles. The second kappa shape index (κ2) is 5.92. The summed E-state index contributed by atoms with van der Waals surface area (Å²) >= 11 is 3.59. The van der Waals surface area contributed by atoms with Crippen molar-refractivity contribution in [1.29, 1.82) is 0 Å². The third kappa shape index (κ3) is 3.09. The number of nitrogens with zero attached hydrogens (tertiary/aromatic N) is 4. The molecule has 0 spiro atoms. The van der Waals surface area contributed by atoms with Crippen LogP contribution in [0.3, 0.4) is 0 Å². The molecular formula is C12H20BrN5O. The third-order valence-corrected chi connectivity index (χ3v) is 4.79. The number of halogens is 1. The summed E-state index contributed by atoms with van der Waals surface area (Å²) in [7, 11) is 1.97. The molecule has 19 heavy (non-hydrogen) atoms. The maximum absolute atomic E-state index is 8.70. The second-order valence-electron chi connectivity index (χ2n) is 5.04. The third-order valence-electron chi connectivity index (χ3n) is 3.76. The molecule has 0 unspecified atom stereocenters. The molecule has 0 bridgehead atoms. The highest BCUT2D eigenvalue weighted by atomic mass is 79.9. The number of hydrogen-bond acceptors (Lipinski definition) is 4. The number of piperidine rings is 1. The fourth-order valence-electron chi connectivity index (χ4n) is 2.53. The molecule has 0 radical (unpaired) electrons. The summed E-state index contributed by atoms with van der Waals surface area (Å²) in [4.78, 5) is 2.38. The number of aromatic nitrogens is 2. The van der Waals surface area contributed by atoms with Gasteiger partial charge in [0, 0.05) is 19.5 Å². The van der Waals surface area contributed by atoms with Gasteiger partial charge in [0.15, 0.2) is 0 Å². The highest BCUT2D eigenvalue weighted by Gasteiger charge is 2.23. The first kappa shape index (κ1) is 14.3. The van der Waals surface area contributed by atoms with Gasteiger partial charge in [0.2, 0.25) is 0 Å². The van der Waals surface area contributed by atoms with Gasteiger partial charge in [-0.1, -0.05) is 5.16 Å². The Balaban J connectivity index is 1.96. The number of amidine groups is 1. The highest BCUT2D eigenvalue weighted by Crippen LogP contribution is 2.24. The summed E-state index contributed by atoms with van der Waals surface area (Å²) in [5.41, 5.74) is 7.87. The van der Waals surface area contributed by atoms with E-state index in [1.165, 1.54) is 5.69 Å². The minimum Gasteiger partial charge on any atom is -0.409 e. The van der Waals surface area contributed by atoms with E-state index in [0.717, 1.165) is 42.6 Å². The van der Waals surface area contributed by atoms with Crippen LogP contribution in [0.2, 0.25) is 0 Å². The molecule has 0 saturated carbocycles. The van der Waals surface area contributed by atoms with Gasteiger partial charge in [-0.3, -0.25) is 9.58 Å². The Morgan fingerprint density at radius 2 is 2.16 bits per heavy atom. The molecular weight excluding hydrogens is 310 g/mol. The molecule has 6 nitrogen and oxygen atoms in total. The van der Waals surface area contributed by atoms with Crippen molar-refractivity contribution in [1.82, 2.24) is 14.7 Å². The van der Waals surface area contributed by atoms with Gasteiger partial charge in [-0.15, -0.1) is 0 Å². The van der Waals surface area contributed by atoms with Gasteiger partial charge in [-0.05, 0) is 48.8 Å². The second-order valence-corrected chi connectivity index (χ2v) is 5.84. The smallest absolute Gasteiger partial charge is 0.142 e. The molecule has 2 rings (SSSR count). The molecule has 1 fully saturated rings. The maximum Gasteiger partial charge on any atom is 0.142 e. The quantitative estimate of drug-likeness (QED) is 0.380. The van der Waals surface area contributed by atoms with Gasteiger partial charge in [0.05, 0.1) is 15.9 Å². The van der Waals surface area contributed by atoms with E-state index < -0.39 is 0 Å². The van der Waals surface area contributed by atoms with Crippen LogP contribution in [-0.2, 0) is 13.6 Å². The minimum absolute atomic E-state index is 0.206. The molecule has 1 aliphatic rings. The van der Waals surface area contributed by atoms with Gasteiger partial charge in [0.25, 0.3) is 0 Å². The van der Waals surface area contributed by atoms with Crippen molar-refractivity contribution in [2.45, 2.75) is 26.3 Å². The Morgan fingerprint density at radius 1 is 1.53 bits per heavy atom. The lowest BCUT2D eigenvalue weighted by atomic mass is 9.96. The lowest BCUT2D eigenvalue weighted by Crippen LogP contribution is -2.38. The molecule has 0 atom stereocenters. The van der Waals surface area contributed by atoms with E-state index in [-0.39, 0.29) is 5.92 Å². The Labute approximate surface area is 121 Å². The molecule has 0 amide bonds. The van der Waals surface area contributed by atoms with Crippen LogP contribution in [0.15, 0.2) is 9.63 Å². The van der Waals surface area contributed by atoms with Crippen molar-refractivity contribution in [2.24, 2.45) is 23.9 Å². The number of hydrogen-bond donors (Lipinski definition) is 2. The van der Waals surface area contributed by atoms with Crippen molar-refractivity contribution in [3.05, 3.63) is 15.9 Å². The highest BCUT2D eigenvalue weighted by molar-refractivity contribution is 9.10. The monoisotopic (exact) mass is 329 g/mol. The Bertz CT molecular complexity index is 477. The van der Waals surface area contributed by atoms with Crippen LogP contribution < -0.4 is 5.73 Å². The van der Waals surface area contributed by atoms with Gasteiger partial charge >= 0.3 is 0 Å². The van der Waals surface area contributed by atoms with E-state index in [1.807, 2.05) is 18.7 Å². The zero-order chi connectivity index (χ0) is 14.0. The van der Waals surface area contributed by atoms with Crippen LogP contribution in [-0.4, -0.2) is 38.8 Å². The average Bonchev–Trinajstić information content (AvgIpc) is 2.65. The fraction of sp³-hybridized carbons (Fsp3) is 0.667. The van der Waals surface area contributed by atoms with Crippen LogP contribution >= 0.6 is 15.9 Å². The summed E-state index contributed by atoms with van der Waals surface area (Å²) < 4.78 is 3.02. The van der Waals surface area contributed by atoms with Crippen molar-refractivity contribution in [3.8, 4) is 0 Å². The molecule has 1 saturated heterocycles. The van der Waals surface area contributed by atoms with Gasteiger partial charge in [-0.2, -0.15) is 5.10 Å². The van der Waals surface area contributed by atoms with E-state index in [1.54, 1.807) is 0 Å². The van der Waals surface area contributed by atoms with Crippen molar-refractivity contribution in [3.63, 3.8) is 0 Å². The lowest BCUT2D eigenvalue weighted by Gasteiger charge is -2.31. The van der Waals surface area contributed by atoms with E-state index in [9.17, 15) is 0 Å². The van der Waals surface area contributed by atoms with Gasteiger partial charge in [0.1, 0.15) is 5.84 Å². The molecule has 2 heterocycles. The standard InChI is InChI=1S/C12H20BrN5O/c1-8-11(13)10(17(2)15-8)7-18-5-3-9(4-6-18)12(14)16-19/h9,19H,3-7H2,1-2H3,(H2,14,16). The molecule has 1 aliphatic heterocycles. The average molecular weight is 330 g/mol. The predicted molar refractivity (Wildman–Crippen MR) is 77.1 cm³/mol. The lowest BCUT2D eigenvalue weighted by molar-refractivity contribution is 0.194. The van der Waals surface area contributed by atoms with Crippen LogP contribution in [0.1, 0.15) is 24.2 Å². The van der Waals surface area contributed by atoms with Gasteiger partial charge in [-0.25, -0.2) is 0 Å². The molecule has 1 aromatic heterocycles. The summed E-state index contributed by atoms with van der Waals surface area (Å²) in [5, 5.41) is 16.2. The van der Waals surface area contributed by atoms with E-state index >= 15 is 0 Å². The van der Waals surface area contributed by atoms with E-state index in [2.05, 4.69) is 31.1 Å². The molecule has 1 aromatic rings.